The Morgan fingerprint density at radius 3 is 1.70 bits per heavy atom. The number of esters is 2. The molecule has 1 aliphatic heterocycles. The lowest BCUT2D eigenvalue weighted by Gasteiger charge is -2.40. The van der Waals surface area contributed by atoms with Crippen molar-refractivity contribution < 1.29 is 56.8 Å². The van der Waals surface area contributed by atoms with Crippen molar-refractivity contribution >= 4 is 22.1 Å². The quantitative estimate of drug-likeness (QED) is 0.0223. The van der Waals surface area contributed by atoms with Crippen LogP contribution < -0.4 is 0 Å². The van der Waals surface area contributed by atoms with Gasteiger partial charge in [0.15, 0.2) is 12.4 Å². The molecule has 1 heterocycles. The third kappa shape index (κ3) is 26.6. The second-order valence-corrected chi connectivity index (χ2v) is 15.8. The molecule has 314 valence electrons. The number of allylic oxidation sites excluding steroid dienone is 6. The predicted molar refractivity (Wildman–Crippen MR) is 210 cm³/mol. The largest absolute Gasteiger partial charge is 0.462 e. The minimum Gasteiger partial charge on any atom is -0.462 e. The maximum atomic E-state index is 12.7. The topological polar surface area (TPSA) is 186 Å². The Hall–Kier alpha value is -2.13. The summed E-state index contributed by atoms with van der Waals surface area (Å²) < 4.78 is 53.8. The van der Waals surface area contributed by atoms with Gasteiger partial charge in [0.1, 0.15) is 36.8 Å². The van der Waals surface area contributed by atoms with Gasteiger partial charge in [0, 0.05) is 12.8 Å². The second-order valence-electron chi connectivity index (χ2n) is 14.3. The summed E-state index contributed by atoms with van der Waals surface area (Å²) in [6.07, 6.45) is 25.1. The Labute approximate surface area is 325 Å². The highest BCUT2D eigenvalue weighted by atomic mass is 32.2. The first-order valence-corrected chi connectivity index (χ1v) is 22.2. The van der Waals surface area contributed by atoms with E-state index in [0.717, 1.165) is 38.5 Å². The molecule has 0 amide bonds. The van der Waals surface area contributed by atoms with Crippen LogP contribution in [0, 0.1) is 0 Å². The van der Waals surface area contributed by atoms with E-state index in [1.54, 1.807) is 0 Å². The molecule has 54 heavy (non-hydrogen) atoms. The fourth-order valence-corrected chi connectivity index (χ4v) is 6.68. The van der Waals surface area contributed by atoms with E-state index < -0.39 is 71.2 Å². The SMILES string of the molecule is CCCCCCCC/C=C/C/C=C/C/C=C/CCCC(=O)OC[C@H](CO[C@H]1O[C@H](CS(=O)(=O)O)[C@@H](O)C(O)C1O)OC(=O)CCCCCCCCCCC. The minimum absolute atomic E-state index is 0.148. The summed E-state index contributed by atoms with van der Waals surface area (Å²) in [6.45, 7) is 3.66. The van der Waals surface area contributed by atoms with Crippen molar-refractivity contribution in [2.45, 2.75) is 192 Å². The molecule has 0 aromatic heterocycles. The van der Waals surface area contributed by atoms with Crippen LogP contribution in [0.3, 0.4) is 0 Å². The molecule has 0 aromatic rings. The fraction of sp³-hybridized carbons (Fsp3) is 0.805. The number of carbonyl (C=O) groups is 2. The Morgan fingerprint density at radius 1 is 0.630 bits per heavy atom. The van der Waals surface area contributed by atoms with Gasteiger partial charge in [-0.15, -0.1) is 0 Å². The van der Waals surface area contributed by atoms with Crippen molar-refractivity contribution in [2.75, 3.05) is 19.0 Å². The van der Waals surface area contributed by atoms with Gasteiger partial charge in [0.25, 0.3) is 10.1 Å². The molecule has 1 rings (SSSR count). The van der Waals surface area contributed by atoms with Gasteiger partial charge in [-0.25, -0.2) is 0 Å². The molecule has 4 N–H and O–H groups in total. The highest BCUT2D eigenvalue weighted by Crippen LogP contribution is 2.24. The van der Waals surface area contributed by atoms with Crippen LogP contribution in [0.2, 0.25) is 0 Å². The van der Waals surface area contributed by atoms with E-state index in [1.165, 1.54) is 70.6 Å². The maximum Gasteiger partial charge on any atom is 0.306 e. The lowest BCUT2D eigenvalue weighted by Crippen LogP contribution is -2.60. The van der Waals surface area contributed by atoms with E-state index in [0.29, 0.717) is 19.3 Å². The van der Waals surface area contributed by atoms with Gasteiger partial charge >= 0.3 is 11.9 Å². The Bertz CT molecular complexity index is 1150. The molecule has 0 aromatic carbocycles. The van der Waals surface area contributed by atoms with Gasteiger partial charge in [-0.1, -0.05) is 134 Å². The van der Waals surface area contributed by atoms with Gasteiger partial charge in [0.2, 0.25) is 0 Å². The molecule has 1 aliphatic rings. The van der Waals surface area contributed by atoms with Gasteiger partial charge in [0.05, 0.1) is 6.61 Å². The zero-order valence-electron chi connectivity index (χ0n) is 33.1. The van der Waals surface area contributed by atoms with Crippen LogP contribution in [0.4, 0.5) is 0 Å². The van der Waals surface area contributed by atoms with Crippen LogP contribution in [-0.2, 0) is 38.7 Å². The third-order valence-corrected chi connectivity index (χ3v) is 9.97. The minimum atomic E-state index is -4.60. The number of aliphatic hydroxyl groups is 3. The molecule has 2 unspecified atom stereocenters. The Morgan fingerprint density at radius 2 is 1.13 bits per heavy atom. The van der Waals surface area contributed by atoms with Crippen molar-refractivity contribution in [3.8, 4) is 0 Å². The van der Waals surface area contributed by atoms with E-state index in [4.69, 9.17) is 18.9 Å². The molecule has 0 spiro atoms. The van der Waals surface area contributed by atoms with Crippen LogP contribution in [0.1, 0.15) is 155 Å². The molecule has 0 radical (unpaired) electrons. The molecule has 12 nitrogen and oxygen atoms in total. The number of rotatable bonds is 33. The number of aliphatic hydroxyl groups excluding tert-OH is 3. The average molecular weight is 789 g/mol. The van der Waals surface area contributed by atoms with Crippen molar-refractivity contribution in [3.05, 3.63) is 36.5 Å². The summed E-state index contributed by atoms with van der Waals surface area (Å²) in [7, 11) is -4.60. The molecular formula is C41H72O12S. The molecule has 1 saturated heterocycles. The monoisotopic (exact) mass is 788 g/mol. The van der Waals surface area contributed by atoms with E-state index in [9.17, 15) is 37.9 Å². The molecule has 6 atom stereocenters. The summed E-state index contributed by atoms with van der Waals surface area (Å²) in [4.78, 5) is 25.2. The van der Waals surface area contributed by atoms with Crippen LogP contribution in [0.15, 0.2) is 36.5 Å². The zero-order chi connectivity index (χ0) is 39.9. The van der Waals surface area contributed by atoms with Gasteiger partial charge in [-0.2, -0.15) is 8.42 Å². The van der Waals surface area contributed by atoms with Crippen LogP contribution in [0.25, 0.3) is 0 Å². The van der Waals surface area contributed by atoms with Crippen LogP contribution in [0.5, 0.6) is 0 Å². The van der Waals surface area contributed by atoms with E-state index in [2.05, 4.69) is 44.2 Å². The van der Waals surface area contributed by atoms with Crippen molar-refractivity contribution in [1.29, 1.82) is 0 Å². The lowest BCUT2D eigenvalue weighted by molar-refractivity contribution is -0.297. The molecule has 0 bridgehead atoms. The predicted octanol–water partition coefficient (Wildman–Crippen LogP) is 7.44. The first-order chi connectivity index (χ1) is 26.0. The van der Waals surface area contributed by atoms with E-state index in [1.807, 2.05) is 6.08 Å². The van der Waals surface area contributed by atoms with Crippen LogP contribution >= 0.6 is 0 Å². The molecule has 13 heteroatoms. The number of ether oxygens (including phenoxy) is 4. The normalized spacial score (nSPS) is 21.3. The molecule has 0 saturated carbocycles. The maximum absolute atomic E-state index is 12.7. The summed E-state index contributed by atoms with van der Waals surface area (Å²) in [5.41, 5.74) is 0. The number of hydrogen-bond donors (Lipinski definition) is 4. The number of hydrogen-bond acceptors (Lipinski definition) is 11. The lowest BCUT2D eigenvalue weighted by atomic mass is 10.00. The third-order valence-electron chi connectivity index (χ3n) is 9.22. The van der Waals surface area contributed by atoms with Gasteiger partial charge < -0.3 is 34.3 Å². The zero-order valence-corrected chi connectivity index (χ0v) is 33.9. The molecule has 1 fully saturated rings. The molecular weight excluding hydrogens is 717 g/mol. The summed E-state index contributed by atoms with van der Waals surface area (Å²) in [5.74, 6) is -2.05. The van der Waals surface area contributed by atoms with Crippen molar-refractivity contribution in [2.24, 2.45) is 0 Å². The number of carbonyl (C=O) groups excluding carboxylic acids is 2. The smallest absolute Gasteiger partial charge is 0.306 e. The summed E-state index contributed by atoms with van der Waals surface area (Å²) in [6, 6.07) is 0. The summed E-state index contributed by atoms with van der Waals surface area (Å²) in [5, 5.41) is 30.7. The fourth-order valence-electron chi connectivity index (χ4n) is 5.99. The first kappa shape index (κ1) is 49.9. The van der Waals surface area contributed by atoms with Crippen molar-refractivity contribution in [1.82, 2.24) is 0 Å². The summed E-state index contributed by atoms with van der Waals surface area (Å²) >= 11 is 0. The van der Waals surface area contributed by atoms with E-state index in [-0.39, 0.29) is 19.4 Å². The van der Waals surface area contributed by atoms with Gasteiger partial charge in [-0.05, 0) is 44.9 Å². The Kier molecular flexibility index (Phi) is 29.6. The Balaban J connectivity index is 2.51. The second kappa shape index (κ2) is 32.0. The molecule has 0 aliphatic carbocycles. The number of unbranched alkanes of at least 4 members (excludes halogenated alkanes) is 15. The van der Waals surface area contributed by atoms with E-state index >= 15 is 0 Å². The highest BCUT2D eigenvalue weighted by Gasteiger charge is 2.46. The average Bonchev–Trinajstić information content (AvgIpc) is 3.13. The van der Waals surface area contributed by atoms with Crippen molar-refractivity contribution in [3.63, 3.8) is 0 Å². The highest BCUT2D eigenvalue weighted by molar-refractivity contribution is 7.85. The van der Waals surface area contributed by atoms with Crippen LogP contribution in [-0.4, -0.2) is 96.0 Å². The first-order valence-electron chi connectivity index (χ1n) is 20.5. The van der Waals surface area contributed by atoms with Gasteiger partial charge in [-0.3, -0.25) is 14.1 Å². The standard InChI is InChI=1S/C41H72O12S/c1-3-5-7-9-11-13-14-15-16-17-18-19-20-22-23-25-27-29-36(42)50-31-34(52-37(43)30-28-26-24-21-12-10-8-6-4-2)32-51-41-40(46)39(45)38(44)35(53-41)33-54(47,48)49/h15-16,18-19,22-23,34-35,38-41,44-46H,3-14,17,20-21,24-33H2,1-2H3,(H,47,48,49)/b16-15+,19-18+,23-22+/t34-,35-,38-,39?,40?,41+/m1/s1.